The lowest BCUT2D eigenvalue weighted by atomic mass is 10.2. The number of alkyl halides is 3. The predicted octanol–water partition coefficient (Wildman–Crippen LogP) is 4.66. The van der Waals surface area contributed by atoms with Gasteiger partial charge in [0.25, 0.3) is 0 Å². The Morgan fingerprint density at radius 2 is 1.85 bits per heavy atom. The minimum absolute atomic E-state index is 0.0993. The van der Waals surface area contributed by atoms with Gasteiger partial charge in [-0.05, 0) is 49.7 Å². The van der Waals surface area contributed by atoms with E-state index in [0.717, 1.165) is 17.7 Å². The SMILES string of the molecule is CCN(C(=O)C(=O)Nc1cc(C(F)(F)F)ccc1Cl)c1cccc(C)c1. The quantitative estimate of drug-likeness (QED) is 0.782. The first kappa shape index (κ1) is 19.8. The molecule has 0 aliphatic carbocycles. The van der Waals surface area contributed by atoms with Crippen molar-refractivity contribution in [3.8, 4) is 0 Å². The third-order valence-electron chi connectivity index (χ3n) is 3.61. The molecule has 0 aromatic heterocycles. The van der Waals surface area contributed by atoms with E-state index in [1.165, 1.54) is 4.90 Å². The van der Waals surface area contributed by atoms with E-state index in [2.05, 4.69) is 5.32 Å². The molecule has 2 aromatic rings. The van der Waals surface area contributed by atoms with Gasteiger partial charge in [-0.3, -0.25) is 9.59 Å². The molecule has 0 aliphatic heterocycles. The number of hydrogen-bond donors (Lipinski definition) is 1. The normalized spacial score (nSPS) is 11.2. The van der Waals surface area contributed by atoms with Crippen LogP contribution in [0, 0.1) is 6.92 Å². The fourth-order valence-electron chi connectivity index (χ4n) is 2.34. The van der Waals surface area contributed by atoms with Gasteiger partial charge in [-0.15, -0.1) is 0 Å². The highest BCUT2D eigenvalue weighted by atomic mass is 35.5. The number of amides is 2. The molecule has 0 fully saturated rings. The van der Waals surface area contributed by atoms with Gasteiger partial charge in [0.1, 0.15) is 0 Å². The monoisotopic (exact) mass is 384 g/mol. The molecule has 0 heterocycles. The summed E-state index contributed by atoms with van der Waals surface area (Å²) in [5, 5.41) is 2.06. The van der Waals surface area contributed by atoms with Crippen molar-refractivity contribution in [2.24, 2.45) is 0 Å². The number of hydrogen-bond acceptors (Lipinski definition) is 2. The maximum Gasteiger partial charge on any atom is 0.416 e. The molecule has 26 heavy (non-hydrogen) atoms. The van der Waals surface area contributed by atoms with E-state index in [4.69, 9.17) is 11.6 Å². The Bertz CT molecular complexity index is 837. The van der Waals surface area contributed by atoms with Crippen LogP contribution in [0.15, 0.2) is 42.5 Å². The van der Waals surface area contributed by atoms with E-state index in [-0.39, 0.29) is 17.3 Å². The van der Waals surface area contributed by atoms with Crippen molar-refractivity contribution >= 4 is 34.8 Å². The van der Waals surface area contributed by atoms with Gasteiger partial charge < -0.3 is 10.2 Å². The van der Waals surface area contributed by atoms with E-state index >= 15 is 0 Å². The molecule has 0 unspecified atom stereocenters. The summed E-state index contributed by atoms with van der Waals surface area (Å²) in [5.41, 5.74) is 0.161. The second-order valence-electron chi connectivity index (χ2n) is 5.53. The molecule has 2 amide bonds. The third-order valence-corrected chi connectivity index (χ3v) is 3.94. The molecule has 2 aromatic carbocycles. The zero-order valence-corrected chi connectivity index (χ0v) is 14.8. The zero-order chi connectivity index (χ0) is 19.5. The van der Waals surface area contributed by atoms with Crippen molar-refractivity contribution in [2.45, 2.75) is 20.0 Å². The topological polar surface area (TPSA) is 49.4 Å². The minimum Gasteiger partial charge on any atom is -0.316 e. The fourth-order valence-corrected chi connectivity index (χ4v) is 2.50. The summed E-state index contributed by atoms with van der Waals surface area (Å²) < 4.78 is 38.4. The zero-order valence-electron chi connectivity index (χ0n) is 14.0. The number of halogens is 4. The van der Waals surface area contributed by atoms with Gasteiger partial charge in [-0.1, -0.05) is 23.7 Å². The first-order valence-corrected chi connectivity index (χ1v) is 8.07. The van der Waals surface area contributed by atoms with E-state index in [9.17, 15) is 22.8 Å². The van der Waals surface area contributed by atoms with Crippen molar-refractivity contribution in [2.75, 3.05) is 16.8 Å². The Kier molecular flexibility index (Phi) is 5.92. The summed E-state index contributed by atoms with van der Waals surface area (Å²) >= 11 is 5.84. The van der Waals surface area contributed by atoms with Gasteiger partial charge in [-0.2, -0.15) is 13.2 Å². The van der Waals surface area contributed by atoms with E-state index < -0.39 is 23.6 Å². The van der Waals surface area contributed by atoms with Crippen LogP contribution < -0.4 is 10.2 Å². The number of nitrogens with one attached hydrogen (secondary N) is 1. The Morgan fingerprint density at radius 1 is 1.15 bits per heavy atom. The standard InChI is InChI=1S/C18H16ClF3N2O2/c1-3-24(13-6-4-5-11(2)9-13)17(26)16(25)23-15-10-12(18(20,21)22)7-8-14(15)19/h4-10H,3H2,1-2H3,(H,23,25). The molecule has 0 bridgehead atoms. The molecule has 0 aliphatic rings. The van der Waals surface area contributed by atoms with E-state index in [0.29, 0.717) is 11.8 Å². The Labute approximate surface area is 153 Å². The Morgan fingerprint density at radius 3 is 2.42 bits per heavy atom. The second kappa shape index (κ2) is 7.78. The van der Waals surface area contributed by atoms with Crippen LogP contribution in [-0.4, -0.2) is 18.4 Å². The molecular formula is C18H16ClF3N2O2. The highest BCUT2D eigenvalue weighted by Crippen LogP contribution is 2.33. The molecule has 1 N–H and O–H groups in total. The van der Waals surface area contributed by atoms with Crippen LogP contribution in [-0.2, 0) is 15.8 Å². The molecule has 0 atom stereocenters. The second-order valence-corrected chi connectivity index (χ2v) is 5.94. The largest absolute Gasteiger partial charge is 0.416 e. The number of nitrogens with zero attached hydrogens (tertiary/aromatic N) is 1. The summed E-state index contributed by atoms with van der Waals surface area (Å²) in [6.45, 7) is 3.74. The molecule has 0 saturated carbocycles. The van der Waals surface area contributed by atoms with Gasteiger partial charge in [0.15, 0.2) is 0 Å². The van der Waals surface area contributed by atoms with Crippen LogP contribution >= 0.6 is 11.6 Å². The first-order valence-electron chi connectivity index (χ1n) is 7.69. The van der Waals surface area contributed by atoms with Gasteiger partial charge in [0, 0.05) is 12.2 Å². The van der Waals surface area contributed by atoms with Gasteiger partial charge in [-0.25, -0.2) is 0 Å². The van der Waals surface area contributed by atoms with Gasteiger partial charge in [0.05, 0.1) is 16.3 Å². The number of benzene rings is 2. The maximum absolute atomic E-state index is 12.8. The maximum atomic E-state index is 12.8. The number of carbonyl (C=O) groups excluding carboxylic acids is 2. The van der Waals surface area contributed by atoms with Gasteiger partial charge >= 0.3 is 18.0 Å². The molecule has 4 nitrogen and oxygen atoms in total. The molecule has 138 valence electrons. The average molecular weight is 385 g/mol. The number of anilines is 2. The molecule has 0 saturated heterocycles. The van der Waals surface area contributed by atoms with Crippen LogP contribution in [0.5, 0.6) is 0 Å². The summed E-state index contributed by atoms with van der Waals surface area (Å²) in [6, 6.07) is 9.47. The lowest BCUT2D eigenvalue weighted by molar-refractivity contribution is -0.137. The number of rotatable bonds is 3. The minimum atomic E-state index is -4.59. The molecular weight excluding hydrogens is 369 g/mol. The van der Waals surface area contributed by atoms with Crippen molar-refractivity contribution < 1.29 is 22.8 Å². The van der Waals surface area contributed by atoms with Crippen LogP contribution in [0.25, 0.3) is 0 Å². The molecule has 0 radical (unpaired) electrons. The molecule has 8 heteroatoms. The lowest BCUT2D eigenvalue weighted by Crippen LogP contribution is -2.39. The van der Waals surface area contributed by atoms with E-state index in [1.807, 2.05) is 13.0 Å². The summed E-state index contributed by atoms with van der Waals surface area (Å²) in [7, 11) is 0. The summed E-state index contributed by atoms with van der Waals surface area (Å²) in [6.07, 6.45) is -4.59. The number of carbonyl (C=O) groups is 2. The number of aryl methyl sites for hydroxylation is 1. The highest BCUT2D eigenvalue weighted by Gasteiger charge is 2.31. The Hall–Kier alpha value is -2.54. The predicted molar refractivity (Wildman–Crippen MR) is 94.3 cm³/mol. The van der Waals surface area contributed by atoms with Crippen molar-refractivity contribution in [3.63, 3.8) is 0 Å². The van der Waals surface area contributed by atoms with Crippen LogP contribution in [0.4, 0.5) is 24.5 Å². The summed E-state index contributed by atoms with van der Waals surface area (Å²) in [4.78, 5) is 25.9. The molecule has 2 rings (SSSR count). The first-order chi connectivity index (χ1) is 12.1. The van der Waals surface area contributed by atoms with E-state index in [1.54, 1.807) is 25.1 Å². The van der Waals surface area contributed by atoms with Crippen molar-refractivity contribution in [1.29, 1.82) is 0 Å². The Balaban J connectivity index is 2.25. The van der Waals surface area contributed by atoms with Crippen LogP contribution in [0.1, 0.15) is 18.1 Å². The summed E-state index contributed by atoms with van der Waals surface area (Å²) in [5.74, 6) is -1.97. The average Bonchev–Trinajstić information content (AvgIpc) is 2.56. The van der Waals surface area contributed by atoms with Gasteiger partial charge in [0.2, 0.25) is 0 Å². The number of likely N-dealkylation sites (N-methyl/N-ethyl adjacent to an activating group) is 1. The molecule has 0 spiro atoms. The van der Waals surface area contributed by atoms with Crippen LogP contribution in [0.2, 0.25) is 5.02 Å². The van der Waals surface area contributed by atoms with Crippen LogP contribution in [0.3, 0.4) is 0 Å². The van der Waals surface area contributed by atoms with Crippen molar-refractivity contribution in [1.82, 2.24) is 0 Å². The van der Waals surface area contributed by atoms with Crippen molar-refractivity contribution in [3.05, 3.63) is 58.6 Å². The third kappa shape index (κ3) is 4.54. The smallest absolute Gasteiger partial charge is 0.316 e. The fraction of sp³-hybridized carbons (Fsp3) is 0.222. The highest BCUT2D eigenvalue weighted by molar-refractivity contribution is 6.45. The lowest BCUT2D eigenvalue weighted by Gasteiger charge is -2.21.